The Hall–Kier alpha value is -2.33. The molecule has 5 atom stereocenters. The quantitative estimate of drug-likeness (QED) is 0.340. The van der Waals surface area contributed by atoms with Crippen LogP contribution in [-0.4, -0.2) is 28.6 Å². The van der Waals surface area contributed by atoms with Gasteiger partial charge in [0.15, 0.2) is 0 Å². The van der Waals surface area contributed by atoms with Crippen molar-refractivity contribution in [3.8, 4) is 0 Å². The Kier molecular flexibility index (Phi) is 7.37. The summed E-state index contributed by atoms with van der Waals surface area (Å²) in [5, 5.41) is 15.0. The number of H-pyrrole nitrogens is 1. The average molecular weight is 463 g/mol. The lowest BCUT2D eigenvalue weighted by Gasteiger charge is -2.55. The Labute approximate surface area is 204 Å². The van der Waals surface area contributed by atoms with E-state index in [-0.39, 0.29) is 17.4 Å². The molecule has 0 aliphatic heterocycles. The molecule has 34 heavy (non-hydrogen) atoms. The first-order valence-corrected chi connectivity index (χ1v) is 13.0. The lowest BCUT2D eigenvalue weighted by atomic mass is 9.50. The van der Waals surface area contributed by atoms with Crippen LogP contribution >= 0.6 is 0 Å². The van der Waals surface area contributed by atoms with Crippen molar-refractivity contribution >= 4 is 16.8 Å². The van der Waals surface area contributed by atoms with Gasteiger partial charge in [-0.3, -0.25) is 4.79 Å². The fourth-order valence-corrected chi connectivity index (χ4v) is 6.78. The number of aromatic amines is 1. The highest BCUT2D eigenvalue weighted by Gasteiger charge is 2.51. The fraction of sp³-hybridized carbons (Fsp3) is 0.567. The van der Waals surface area contributed by atoms with E-state index in [1.165, 1.54) is 16.5 Å². The largest absolute Gasteiger partial charge is 0.393 e. The number of allylic oxidation sites excluding steroid dienone is 2. The van der Waals surface area contributed by atoms with E-state index in [0.29, 0.717) is 30.2 Å². The predicted octanol–water partition coefficient (Wildman–Crippen LogP) is 6.18. The van der Waals surface area contributed by atoms with Crippen molar-refractivity contribution in [2.24, 2.45) is 29.1 Å². The molecule has 0 saturated heterocycles. The molecule has 2 aliphatic rings. The maximum Gasteiger partial charge on any atom is 0.243 e. The van der Waals surface area contributed by atoms with Gasteiger partial charge in [0.25, 0.3) is 0 Å². The number of aliphatic hydroxyl groups is 1. The molecule has 4 heteroatoms. The summed E-state index contributed by atoms with van der Waals surface area (Å²) in [6, 6.07) is 8.26. The van der Waals surface area contributed by atoms with Gasteiger partial charge in [-0.25, -0.2) is 0 Å². The lowest BCUT2D eigenvalue weighted by molar-refractivity contribution is -0.116. The molecule has 3 N–H and O–H groups in total. The highest BCUT2D eigenvalue weighted by atomic mass is 16.3. The van der Waals surface area contributed by atoms with Gasteiger partial charge in [0, 0.05) is 29.7 Å². The number of carbonyl (C=O) groups is 1. The molecule has 1 heterocycles. The molecule has 5 unspecified atom stereocenters. The summed E-state index contributed by atoms with van der Waals surface area (Å²) in [7, 11) is 0. The molecule has 2 aromatic rings. The summed E-state index contributed by atoms with van der Waals surface area (Å²) in [4.78, 5) is 15.8. The monoisotopic (exact) mass is 462 g/mol. The summed E-state index contributed by atoms with van der Waals surface area (Å²) < 4.78 is 0. The van der Waals surface area contributed by atoms with Gasteiger partial charge in [-0.05, 0) is 86.2 Å². The zero-order chi connectivity index (χ0) is 24.5. The third kappa shape index (κ3) is 5.02. The zero-order valence-electron chi connectivity index (χ0n) is 21.4. The molecule has 4 nitrogen and oxygen atoms in total. The van der Waals surface area contributed by atoms with Gasteiger partial charge >= 0.3 is 0 Å². The Morgan fingerprint density at radius 3 is 2.88 bits per heavy atom. The van der Waals surface area contributed by atoms with Crippen molar-refractivity contribution in [2.75, 3.05) is 6.54 Å². The minimum absolute atomic E-state index is 0.00650. The summed E-state index contributed by atoms with van der Waals surface area (Å²) >= 11 is 0. The Morgan fingerprint density at radius 2 is 2.09 bits per heavy atom. The maximum atomic E-state index is 12.5. The minimum atomic E-state index is -0.217. The Morgan fingerprint density at radius 1 is 1.32 bits per heavy atom. The van der Waals surface area contributed by atoms with Crippen LogP contribution in [-0.2, 0) is 11.2 Å². The number of rotatable bonds is 7. The first-order chi connectivity index (χ1) is 16.2. The van der Waals surface area contributed by atoms with Crippen LogP contribution in [0.2, 0.25) is 0 Å². The van der Waals surface area contributed by atoms with Gasteiger partial charge in [0.1, 0.15) is 0 Å². The van der Waals surface area contributed by atoms with Crippen LogP contribution in [0.1, 0.15) is 65.4 Å². The summed E-state index contributed by atoms with van der Waals surface area (Å²) in [5.74, 6) is 2.10. The standard InChI is InChI=1S/C30H42N2O2/c1-19(16-28(34)31-15-14-22-18-32-26-9-7-6-8-24(22)26)10-12-23-20(2)11-13-25-29(23)21(3)17-27(33)30(25,4)5/h6-9,16,18,21,23,25,27,29,32-33H,2,10-15,17H2,1,3-5H3,(H,31,34). The summed E-state index contributed by atoms with van der Waals surface area (Å²) in [6.45, 7) is 14.0. The first kappa shape index (κ1) is 24.8. The number of para-hydroxylation sites is 1. The van der Waals surface area contributed by atoms with Gasteiger partial charge in [-0.1, -0.05) is 56.7 Å². The van der Waals surface area contributed by atoms with Crippen LogP contribution < -0.4 is 5.32 Å². The second-order valence-electron chi connectivity index (χ2n) is 11.5. The van der Waals surface area contributed by atoms with E-state index in [4.69, 9.17) is 0 Å². The molecule has 4 rings (SSSR count). The van der Waals surface area contributed by atoms with Gasteiger partial charge in [0.05, 0.1) is 6.10 Å². The normalized spacial score (nSPS) is 29.1. The first-order valence-electron chi connectivity index (χ1n) is 13.0. The smallest absolute Gasteiger partial charge is 0.243 e. The molecule has 2 aliphatic carbocycles. The van der Waals surface area contributed by atoms with Crippen molar-refractivity contribution in [1.82, 2.24) is 10.3 Å². The van der Waals surface area contributed by atoms with Crippen molar-refractivity contribution in [3.63, 3.8) is 0 Å². The number of amides is 1. The number of hydrogen-bond donors (Lipinski definition) is 3. The highest BCUT2D eigenvalue weighted by molar-refractivity contribution is 5.88. The second kappa shape index (κ2) is 10.1. The van der Waals surface area contributed by atoms with E-state index in [1.54, 1.807) is 6.08 Å². The van der Waals surface area contributed by atoms with Crippen molar-refractivity contribution in [3.05, 3.63) is 59.8 Å². The number of aromatic nitrogens is 1. The molecular formula is C30H42N2O2. The van der Waals surface area contributed by atoms with E-state index in [9.17, 15) is 9.90 Å². The minimum Gasteiger partial charge on any atom is -0.393 e. The van der Waals surface area contributed by atoms with Crippen LogP contribution in [0, 0.1) is 29.1 Å². The molecule has 1 aromatic carbocycles. The van der Waals surface area contributed by atoms with Crippen molar-refractivity contribution in [1.29, 1.82) is 0 Å². The number of nitrogens with one attached hydrogen (secondary N) is 2. The van der Waals surface area contributed by atoms with E-state index < -0.39 is 0 Å². The number of fused-ring (bicyclic) bond motifs is 2. The van der Waals surface area contributed by atoms with Crippen LogP contribution in [0.15, 0.2) is 54.3 Å². The van der Waals surface area contributed by atoms with Crippen LogP contribution in [0.25, 0.3) is 10.9 Å². The number of carbonyl (C=O) groups excluding carboxylic acids is 1. The molecule has 2 saturated carbocycles. The van der Waals surface area contributed by atoms with Crippen LogP contribution in [0.3, 0.4) is 0 Å². The number of benzene rings is 1. The molecule has 0 spiro atoms. The van der Waals surface area contributed by atoms with Crippen molar-refractivity contribution in [2.45, 2.75) is 72.3 Å². The molecule has 2 fully saturated rings. The predicted molar refractivity (Wildman–Crippen MR) is 140 cm³/mol. The van der Waals surface area contributed by atoms with Crippen LogP contribution in [0.4, 0.5) is 0 Å². The topological polar surface area (TPSA) is 65.1 Å². The van der Waals surface area contributed by atoms with Crippen molar-refractivity contribution < 1.29 is 9.90 Å². The van der Waals surface area contributed by atoms with E-state index >= 15 is 0 Å². The molecule has 1 aromatic heterocycles. The molecule has 0 bridgehead atoms. The maximum absolute atomic E-state index is 12.5. The number of aliphatic hydroxyl groups excluding tert-OH is 1. The van der Waals surface area contributed by atoms with E-state index in [1.807, 2.05) is 18.3 Å². The SMILES string of the molecule is C=C1CCC2C(C(C)CC(O)C2(C)C)C1CCC(C)=CC(=O)NCCc1c[nH]c2ccccc12. The molecule has 0 radical (unpaired) electrons. The average Bonchev–Trinajstić information content (AvgIpc) is 3.20. The fourth-order valence-electron chi connectivity index (χ4n) is 6.78. The Bertz CT molecular complexity index is 1060. The summed E-state index contributed by atoms with van der Waals surface area (Å²) in [5.41, 5.74) is 4.83. The Balaban J connectivity index is 1.31. The van der Waals surface area contributed by atoms with Gasteiger partial charge in [-0.2, -0.15) is 0 Å². The second-order valence-corrected chi connectivity index (χ2v) is 11.5. The lowest BCUT2D eigenvalue weighted by Crippen LogP contribution is -2.52. The summed E-state index contributed by atoms with van der Waals surface area (Å²) in [6.07, 6.45) is 9.45. The van der Waals surface area contributed by atoms with Gasteiger partial charge in [0.2, 0.25) is 5.91 Å². The van der Waals surface area contributed by atoms with Gasteiger partial charge < -0.3 is 15.4 Å². The van der Waals surface area contributed by atoms with E-state index in [0.717, 1.165) is 49.6 Å². The third-order valence-corrected chi connectivity index (χ3v) is 8.89. The number of hydrogen-bond acceptors (Lipinski definition) is 2. The van der Waals surface area contributed by atoms with Gasteiger partial charge in [-0.15, -0.1) is 0 Å². The zero-order valence-corrected chi connectivity index (χ0v) is 21.4. The van der Waals surface area contributed by atoms with E-state index in [2.05, 4.69) is 56.7 Å². The molecular weight excluding hydrogens is 420 g/mol. The molecule has 184 valence electrons. The molecule has 1 amide bonds. The third-order valence-electron chi connectivity index (χ3n) is 8.89. The van der Waals surface area contributed by atoms with Crippen LogP contribution in [0.5, 0.6) is 0 Å². The highest BCUT2D eigenvalue weighted by Crippen LogP contribution is 2.56.